The average Bonchev–Trinajstić information content (AvgIpc) is 2.50. The SMILES string of the molecule is CCNCC(C)C(=O)N(CC)Cc1ccc(C#N)cc1F. The molecule has 1 rings (SSSR count). The van der Waals surface area contributed by atoms with Crippen molar-refractivity contribution >= 4 is 5.91 Å². The van der Waals surface area contributed by atoms with E-state index in [1.54, 1.807) is 17.0 Å². The van der Waals surface area contributed by atoms with Crippen LogP contribution in [0.2, 0.25) is 0 Å². The van der Waals surface area contributed by atoms with Crippen LogP contribution in [0.3, 0.4) is 0 Å². The third kappa shape index (κ3) is 4.83. The van der Waals surface area contributed by atoms with E-state index in [0.29, 0.717) is 18.7 Å². The van der Waals surface area contributed by atoms with Crippen LogP contribution in [0.25, 0.3) is 0 Å². The van der Waals surface area contributed by atoms with Crippen LogP contribution in [0.1, 0.15) is 31.9 Å². The van der Waals surface area contributed by atoms with Crippen molar-refractivity contribution in [3.63, 3.8) is 0 Å². The van der Waals surface area contributed by atoms with E-state index >= 15 is 0 Å². The van der Waals surface area contributed by atoms with Crippen molar-refractivity contribution in [1.29, 1.82) is 5.26 Å². The third-order valence-electron chi connectivity index (χ3n) is 3.36. The van der Waals surface area contributed by atoms with Gasteiger partial charge in [-0.25, -0.2) is 4.39 Å². The zero-order chi connectivity index (χ0) is 15.8. The molecule has 4 nitrogen and oxygen atoms in total. The van der Waals surface area contributed by atoms with Gasteiger partial charge in [-0.05, 0) is 25.6 Å². The molecule has 0 spiro atoms. The molecule has 114 valence electrons. The summed E-state index contributed by atoms with van der Waals surface area (Å²) in [6.45, 7) is 7.90. The van der Waals surface area contributed by atoms with Crippen molar-refractivity contribution < 1.29 is 9.18 Å². The molecule has 0 fully saturated rings. The quantitative estimate of drug-likeness (QED) is 0.838. The Bertz CT molecular complexity index is 525. The lowest BCUT2D eigenvalue weighted by molar-refractivity contribution is -0.135. The lowest BCUT2D eigenvalue weighted by atomic mass is 10.1. The molecule has 1 atom stereocenters. The molecule has 0 saturated heterocycles. The molecule has 1 amide bonds. The molecule has 0 aliphatic carbocycles. The molecule has 1 aromatic rings. The summed E-state index contributed by atoms with van der Waals surface area (Å²) in [5.41, 5.74) is 0.714. The van der Waals surface area contributed by atoms with Crippen molar-refractivity contribution in [3.8, 4) is 6.07 Å². The van der Waals surface area contributed by atoms with E-state index in [0.717, 1.165) is 6.54 Å². The Kier molecular flexibility index (Phi) is 6.83. The Morgan fingerprint density at radius 2 is 2.19 bits per heavy atom. The number of rotatable bonds is 7. The van der Waals surface area contributed by atoms with E-state index in [4.69, 9.17) is 5.26 Å². The fourth-order valence-corrected chi connectivity index (χ4v) is 2.06. The van der Waals surface area contributed by atoms with Crippen molar-refractivity contribution in [2.75, 3.05) is 19.6 Å². The van der Waals surface area contributed by atoms with Gasteiger partial charge in [0.15, 0.2) is 0 Å². The second-order valence-electron chi connectivity index (χ2n) is 4.98. The van der Waals surface area contributed by atoms with E-state index in [9.17, 15) is 9.18 Å². The number of amides is 1. The predicted octanol–water partition coefficient (Wildman–Crippen LogP) is 2.29. The Morgan fingerprint density at radius 3 is 2.71 bits per heavy atom. The summed E-state index contributed by atoms with van der Waals surface area (Å²) in [7, 11) is 0. The molecule has 0 aromatic heterocycles. The van der Waals surface area contributed by atoms with E-state index < -0.39 is 5.82 Å². The smallest absolute Gasteiger partial charge is 0.226 e. The van der Waals surface area contributed by atoms with Crippen LogP contribution in [0, 0.1) is 23.1 Å². The van der Waals surface area contributed by atoms with Crippen LogP contribution in [-0.2, 0) is 11.3 Å². The lowest BCUT2D eigenvalue weighted by Gasteiger charge is -2.25. The largest absolute Gasteiger partial charge is 0.338 e. The predicted molar refractivity (Wildman–Crippen MR) is 79.9 cm³/mol. The van der Waals surface area contributed by atoms with Crippen molar-refractivity contribution in [2.24, 2.45) is 5.92 Å². The van der Waals surface area contributed by atoms with Gasteiger partial charge in [-0.3, -0.25) is 4.79 Å². The van der Waals surface area contributed by atoms with Crippen LogP contribution >= 0.6 is 0 Å². The number of carbonyl (C=O) groups excluding carboxylic acids is 1. The maximum atomic E-state index is 13.9. The highest BCUT2D eigenvalue weighted by Gasteiger charge is 2.20. The molecule has 0 heterocycles. The van der Waals surface area contributed by atoms with Gasteiger partial charge < -0.3 is 10.2 Å². The Morgan fingerprint density at radius 1 is 1.48 bits per heavy atom. The Balaban J connectivity index is 2.78. The van der Waals surface area contributed by atoms with Gasteiger partial charge in [0.2, 0.25) is 5.91 Å². The summed E-state index contributed by atoms with van der Waals surface area (Å²) in [5, 5.41) is 11.9. The zero-order valence-electron chi connectivity index (χ0n) is 12.8. The first-order valence-corrected chi connectivity index (χ1v) is 7.21. The highest BCUT2D eigenvalue weighted by molar-refractivity contribution is 5.78. The highest BCUT2D eigenvalue weighted by Crippen LogP contribution is 2.14. The van der Waals surface area contributed by atoms with E-state index in [-0.39, 0.29) is 23.9 Å². The van der Waals surface area contributed by atoms with Gasteiger partial charge in [-0.1, -0.05) is 19.9 Å². The third-order valence-corrected chi connectivity index (χ3v) is 3.36. The van der Waals surface area contributed by atoms with E-state index in [1.807, 2.05) is 26.8 Å². The normalized spacial score (nSPS) is 11.8. The summed E-state index contributed by atoms with van der Waals surface area (Å²) in [5.74, 6) is -0.590. The van der Waals surface area contributed by atoms with Crippen LogP contribution in [0.15, 0.2) is 18.2 Å². The summed E-state index contributed by atoms with van der Waals surface area (Å²) in [6.07, 6.45) is 0. The molecular weight excluding hydrogens is 269 g/mol. The second-order valence-corrected chi connectivity index (χ2v) is 4.98. The summed E-state index contributed by atoms with van der Waals surface area (Å²) in [4.78, 5) is 14.0. The van der Waals surface area contributed by atoms with Gasteiger partial charge in [-0.15, -0.1) is 0 Å². The van der Waals surface area contributed by atoms with Crippen molar-refractivity contribution in [1.82, 2.24) is 10.2 Å². The molecule has 1 unspecified atom stereocenters. The molecule has 1 aromatic carbocycles. The fraction of sp³-hybridized carbons (Fsp3) is 0.500. The Hall–Kier alpha value is -1.93. The minimum Gasteiger partial charge on any atom is -0.338 e. The molecule has 0 aliphatic heterocycles. The van der Waals surface area contributed by atoms with Gasteiger partial charge in [0.05, 0.1) is 11.6 Å². The maximum absolute atomic E-state index is 13.9. The van der Waals surface area contributed by atoms with Gasteiger partial charge in [0, 0.05) is 31.1 Å². The van der Waals surface area contributed by atoms with Crippen LogP contribution < -0.4 is 5.32 Å². The van der Waals surface area contributed by atoms with Gasteiger partial charge >= 0.3 is 0 Å². The lowest BCUT2D eigenvalue weighted by Crippen LogP contribution is -2.38. The molecule has 0 saturated carbocycles. The summed E-state index contributed by atoms with van der Waals surface area (Å²) >= 11 is 0. The van der Waals surface area contributed by atoms with E-state index in [1.165, 1.54) is 6.07 Å². The molecule has 0 aliphatic rings. The molecule has 0 bridgehead atoms. The Labute approximate surface area is 125 Å². The first-order valence-electron chi connectivity index (χ1n) is 7.21. The van der Waals surface area contributed by atoms with Gasteiger partial charge in [0.1, 0.15) is 5.82 Å². The topological polar surface area (TPSA) is 56.1 Å². The summed E-state index contributed by atoms with van der Waals surface area (Å²) < 4.78 is 13.9. The van der Waals surface area contributed by atoms with Crippen LogP contribution in [0.4, 0.5) is 4.39 Å². The average molecular weight is 291 g/mol. The first-order chi connectivity index (χ1) is 10.0. The number of hydrogen-bond acceptors (Lipinski definition) is 3. The number of nitriles is 1. The first kappa shape index (κ1) is 17.1. The number of nitrogens with zero attached hydrogens (tertiary/aromatic N) is 2. The van der Waals surface area contributed by atoms with E-state index in [2.05, 4.69) is 5.32 Å². The molecule has 0 radical (unpaired) electrons. The van der Waals surface area contributed by atoms with Crippen molar-refractivity contribution in [2.45, 2.75) is 27.3 Å². The summed E-state index contributed by atoms with van der Waals surface area (Å²) in [6, 6.07) is 6.24. The van der Waals surface area contributed by atoms with Gasteiger partial charge in [-0.2, -0.15) is 5.26 Å². The van der Waals surface area contributed by atoms with Crippen LogP contribution in [0.5, 0.6) is 0 Å². The number of halogens is 1. The monoisotopic (exact) mass is 291 g/mol. The van der Waals surface area contributed by atoms with Gasteiger partial charge in [0.25, 0.3) is 0 Å². The molecular formula is C16H22FN3O. The number of carbonyl (C=O) groups is 1. The zero-order valence-corrected chi connectivity index (χ0v) is 12.8. The van der Waals surface area contributed by atoms with Crippen LogP contribution in [-0.4, -0.2) is 30.4 Å². The molecule has 21 heavy (non-hydrogen) atoms. The molecule has 1 N–H and O–H groups in total. The second kappa shape index (κ2) is 8.38. The minimum atomic E-state index is -0.445. The highest BCUT2D eigenvalue weighted by atomic mass is 19.1. The fourth-order valence-electron chi connectivity index (χ4n) is 2.06. The maximum Gasteiger partial charge on any atom is 0.226 e. The standard InChI is InChI=1S/C16H22FN3O/c1-4-19-10-12(3)16(21)20(5-2)11-14-7-6-13(9-18)8-15(14)17/h6-8,12,19H,4-5,10-11H2,1-3H3. The number of nitrogens with one attached hydrogen (secondary N) is 1. The number of benzene rings is 1. The minimum absolute atomic E-state index is 0.00205. The molecule has 5 heteroatoms. The number of hydrogen-bond donors (Lipinski definition) is 1. The van der Waals surface area contributed by atoms with Crippen molar-refractivity contribution in [3.05, 3.63) is 35.1 Å².